The third-order valence-electron chi connectivity index (χ3n) is 10.7. The summed E-state index contributed by atoms with van der Waals surface area (Å²) in [4.78, 5) is 33.8. The van der Waals surface area contributed by atoms with Crippen molar-refractivity contribution in [1.82, 2.24) is 24.8 Å². The Hall–Kier alpha value is -4.62. The number of rotatable bonds is 8. The van der Waals surface area contributed by atoms with E-state index in [0.29, 0.717) is 42.0 Å². The number of piperazine rings is 1. The number of hydrogen-bond donors (Lipinski definition) is 0. The highest BCUT2D eigenvalue weighted by atomic mass is 19.1. The van der Waals surface area contributed by atoms with E-state index in [2.05, 4.69) is 26.3 Å². The summed E-state index contributed by atoms with van der Waals surface area (Å²) in [6.45, 7) is 12.9. The number of aromatic nitrogens is 3. The summed E-state index contributed by atoms with van der Waals surface area (Å²) < 4.78 is 55.6. The summed E-state index contributed by atoms with van der Waals surface area (Å²) in [5.74, 6) is -0.398. The molecule has 0 aliphatic carbocycles. The van der Waals surface area contributed by atoms with Crippen molar-refractivity contribution in [2.75, 3.05) is 51.6 Å². The van der Waals surface area contributed by atoms with Crippen molar-refractivity contribution in [3.8, 4) is 23.0 Å². The van der Waals surface area contributed by atoms with Crippen molar-refractivity contribution in [2.45, 2.75) is 76.1 Å². The van der Waals surface area contributed by atoms with Gasteiger partial charge in [-0.15, -0.1) is 0 Å². The van der Waals surface area contributed by atoms with Crippen LogP contribution in [-0.4, -0.2) is 101 Å². The molecular formula is C39H44F2N6O5. The van der Waals surface area contributed by atoms with Crippen molar-refractivity contribution >= 4 is 33.6 Å². The van der Waals surface area contributed by atoms with Gasteiger partial charge in [0.15, 0.2) is 12.6 Å². The van der Waals surface area contributed by atoms with E-state index in [1.165, 1.54) is 18.7 Å². The molecule has 274 valence electrons. The molecule has 6 heterocycles. The van der Waals surface area contributed by atoms with Gasteiger partial charge in [-0.2, -0.15) is 9.97 Å². The molecule has 2 bridgehead atoms. The number of pyridine rings is 1. The topological polar surface area (TPSA) is 102 Å². The van der Waals surface area contributed by atoms with Gasteiger partial charge >= 0.3 is 12.1 Å². The molecule has 0 radical (unpaired) electrons. The van der Waals surface area contributed by atoms with E-state index in [1.54, 1.807) is 30.5 Å². The maximum atomic E-state index is 17.1. The Morgan fingerprint density at radius 3 is 2.63 bits per heavy atom. The van der Waals surface area contributed by atoms with Gasteiger partial charge in [-0.25, -0.2) is 13.6 Å². The van der Waals surface area contributed by atoms with Gasteiger partial charge in [0.05, 0.1) is 23.0 Å². The summed E-state index contributed by atoms with van der Waals surface area (Å²) in [5.41, 5.74) is 0.499. The second-order valence-electron chi connectivity index (χ2n) is 15.5. The van der Waals surface area contributed by atoms with Crippen LogP contribution >= 0.6 is 0 Å². The second-order valence-corrected chi connectivity index (χ2v) is 15.5. The van der Waals surface area contributed by atoms with Crippen molar-refractivity contribution in [2.24, 2.45) is 0 Å². The van der Waals surface area contributed by atoms with E-state index in [9.17, 15) is 4.79 Å². The lowest BCUT2D eigenvalue weighted by Gasteiger charge is -2.42. The number of anilines is 1. The van der Waals surface area contributed by atoms with Crippen LogP contribution in [0.15, 0.2) is 48.7 Å². The summed E-state index contributed by atoms with van der Waals surface area (Å²) in [5, 5.41) is 1.12. The van der Waals surface area contributed by atoms with Gasteiger partial charge < -0.3 is 23.8 Å². The molecule has 2 aromatic carbocycles. The maximum absolute atomic E-state index is 17.1. The molecule has 0 spiro atoms. The zero-order valence-electron chi connectivity index (χ0n) is 30.1. The van der Waals surface area contributed by atoms with E-state index in [4.69, 9.17) is 23.9 Å². The fourth-order valence-electron chi connectivity index (χ4n) is 8.60. The third-order valence-corrected chi connectivity index (χ3v) is 10.7. The lowest BCUT2D eigenvalue weighted by atomic mass is 9.94. The molecule has 8 rings (SSSR count). The molecule has 3 atom stereocenters. The van der Waals surface area contributed by atoms with Crippen LogP contribution in [0.25, 0.3) is 32.9 Å². The highest BCUT2D eigenvalue weighted by Crippen LogP contribution is 2.43. The van der Waals surface area contributed by atoms with Crippen LogP contribution in [-0.2, 0) is 9.47 Å². The van der Waals surface area contributed by atoms with Crippen LogP contribution in [0.4, 0.5) is 19.4 Å². The highest BCUT2D eigenvalue weighted by Gasteiger charge is 2.47. The number of benzene rings is 2. The van der Waals surface area contributed by atoms with Crippen LogP contribution < -0.4 is 14.4 Å². The minimum atomic E-state index is -0.732. The van der Waals surface area contributed by atoms with Crippen LogP contribution in [0.3, 0.4) is 0 Å². The second kappa shape index (κ2) is 13.1. The zero-order valence-corrected chi connectivity index (χ0v) is 30.1. The Morgan fingerprint density at radius 2 is 1.88 bits per heavy atom. The normalized spacial score (nSPS) is 23.2. The van der Waals surface area contributed by atoms with Crippen molar-refractivity contribution < 1.29 is 32.5 Å². The van der Waals surface area contributed by atoms with E-state index in [0.717, 1.165) is 45.2 Å². The minimum Gasteiger partial charge on any atom is -0.468 e. The van der Waals surface area contributed by atoms with Crippen LogP contribution in [0.1, 0.15) is 52.9 Å². The molecule has 4 fully saturated rings. The monoisotopic (exact) mass is 714 g/mol. The van der Waals surface area contributed by atoms with Crippen molar-refractivity contribution in [3.05, 3.63) is 60.3 Å². The van der Waals surface area contributed by atoms with E-state index >= 15 is 8.78 Å². The summed E-state index contributed by atoms with van der Waals surface area (Å²) in [7, 11) is 1.50. The number of amides is 1. The average molecular weight is 715 g/mol. The van der Waals surface area contributed by atoms with Gasteiger partial charge in [0.25, 0.3) is 0 Å². The Labute approximate surface area is 301 Å². The molecule has 0 N–H and O–H groups in total. The first kappa shape index (κ1) is 34.5. The average Bonchev–Trinajstić information content (AvgIpc) is 3.72. The van der Waals surface area contributed by atoms with Gasteiger partial charge in [0.2, 0.25) is 0 Å². The van der Waals surface area contributed by atoms with Gasteiger partial charge in [0, 0.05) is 43.9 Å². The first-order chi connectivity index (χ1) is 24.9. The molecule has 0 saturated carbocycles. The number of methoxy groups -OCH3 is 1. The smallest absolute Gasteiger partial charge is 0.410 e. The number of ether oxygens (including phenoxy) is 4. The quantitative estimate of drug-likeness (QED) is 0.142. The van der Waals surface area contributed by atoms with Crippen LogP contribution in [0.2, 0.25) is 0 Å². The molecule has 13 heteroatoms. The van der Waals surface area contributed by atoms with Crippen LogP contribution in [0, 0.1) is 11.6 Å². The molecule has 4 saturated heterocycles. The Bertz CT molecular complexity index is 2060. The minimum absolute atomic E-state index is 0.0104. The maximum Gasteiger partial charge on any atom is 0.410 e. The molecular weight excluding hydrogens is 670 g/mol. The molecule has 52 heavy (non-hydrogen) atoms. The summed E-state index contributed by atoms with van der Waals surface area (Å²) >= 11 is 0. The largest absolute Gasteiger partial charge is 0.468 e. The van der Waals surface area contributed by atoms with Crippen LogP contribution in [0.5, 0.6) is 11.8 Å². The molecule has 1 amide bonds. The number of nitrogens with zero attached hydrogens (tertiary/aromatic N) is 6. The predicted octanol–water partition coefficient (Wildman–Crippen LogP) is 6.87. The zero-order chi connectivity index (χ0) is 36.4. The Kier molecular flexibility index (Phi) is 8.68. The first-order valence-electron chi connectivity index (χ1n) is 17.9. The van der Waals surface area contributed by atoms with E-state index in [1.807, 2.05) is 25.7 Å². The Balaban J connectivity index is 1.22. The number of fused-ring (bicyclic) bond motifs is 5. The molecule has 2 aromatic heterocycles. The standard InChI is InChI=1S/C39H44F2N6O5/c1-23-16-39(12-7-13-46(39)18-23)21-50-36-43-34-29(35(44-36)45-19-25-10-11-26(20-45)47(25)37(48)52-38(2,3)4)17-42-33(32(34)41)28-15-27(51-22-49-5)14-24-8-6-9-30(40)31(24)28/h6,8-9,14-15,17,25-26H,1,7,10-13,16,18-22H2,2-5H3. The van der Waals surface area contributed by atoms with E-state index in [-0.39, 0.29) is 58.7 Å². The van der Waals surface area contributed by atoms with Crippen molar-refractivity contribution in [1.29, 1.82) is 0 Å². The highest BCUT2D eigenvalue weighted by molar-refractivity contribution is 6.00. The fraction of sp³-hybridized carbons (Fsp3) is 0.487. The number of halogens is 2. The Morgan fingerprint density at radius 1 is 1.10 bits per heavy atom. The number of carbonyl (C=O) groups is 1. The molecule has 4 aliphatic heterocycles. The van der Waals surface area contributed by atoms with Gasteiger partial charge in [-0.3, -0.25) is 14.8 Å². The van der Waals surface area contributed by atoms with E-state index < -0.39 is 17.2 Å². The number of hydrogen-bond acceptors (Lipinski definition) is 10. The summed E-state index contributed by atoms with van der Waals surface area (Å²) in [6.07, 6.45) is 5.69. The summed E-state index contributed by atoms with van der Waals surface area (Å²) in [6, 6.07) is 7.74. The van der Waals surface area contributed by atoms with Gasteiger partial charge in [-0.05, 0) is 83.0 Å². The molecule has 3 unspecified atom stereocenters. The first-order valence-corrected chi connectivity index (χ1v) is 17.9. The molecule has 4 aromatic rings. The van der Waals surface area contributed by atoms with Crippen molar-refractivity contribution in [3.63, 3.8) is 0 Å². The predicted molar refractivity (Wildman–Crippen MR) is 193 cm³/mol. The van der Waals surface area contributed by atoms with Gasteiger partial charge in [0.1, 0.15) is 40.8 Å². The lowest BCUT2D eigenvalue weighted by molar-refractivity contribution is 0.0122. The molecule has 4 aliphatic rings. The fourth-order valence-corrected chi connectivity index (χ4v) is 8.60. The molecule has 11 nitrogen and oxygen atoms in total. The lowest BCUT2D eigenvalue weighted by Crippen LogP contribution is -2.57. The third kappa shape index (κ3) is 6.17. The van der Waals surface area contributed by atoms with Gasteiger partial charge in [-0.1, -0.05) is 24.3 Å². The SMILES string of the molecule is C=C1CN2CCCC2(COc2nc(N3CC4CCC(C3)N4C(=O)OC(C)(C)C)c3cnc(-c4cc(OCOC)cc5cccc(F)c45)c(F)c3n2)C1. The number of carbonyl (C=O) groups excluding carboxylic acids is 1.